The Labute approximate surface area is 115 Å². The van der Waals surface area contributed by atoms with Crippen molar-refractivity contribution in [3.05, 3.63) is 21.9 Å². The number of thiophene rings is 1. The summed E-state index contributed by atoms with van der Waals surface area (Å²) in [7, 11) is 1.44. The molecule has 0 saturated carbocycles. The van der Waals surface area contributed by atoms with Crippen molar-refractivity contribution in [2.24, 2.45) is 5.73 Å². The number of rotatable bonds is 6. The van der Waals surface area contributed by atoms with Crippen molar-refractivity contribution in [1.29, 1.82) is 0 Å². The molecule has 104 valence electrons. The first-order chi connectivity index (χ1) is 8.92. The SMILES string of the molecule is CNC(=O)[C@H](CC(N)=O)NC(=O)Cc1cc(C)cs1. The first-order valence-electron chi connectivity index (χ1n) is 5.75. The molecule has 0 aliphatic heterocycles. The summed E-state index contributed by atoms with van der Waals surface area (Å²) in [4.78, 5) is 35.1. The molecule has 3 amide bonds. The summed E-state index contributed by atoms with van der Waals surface area (Å²) in [5, 5.41) is 6.84. The van der Waals surface area contributed by atoms with E-state index in [0.717, 1.165) is 10.4 Å². The van der Waals surface area contributed by atoms with E-state index >= 15 is 0 Å². The largest absolute Gasteiger partial charge is 0.370 e. The van der Waals surface area contributed by atoms with Crippen LogP contribution in [0.2, 0.25) is 0 Å². The normalized spacial score (nSPS) is 11.7. The lowest BCUT2D eigenvalue weighted by Gasteiger charge is -2.15. The number of likely N-dealkylation sites (N-methyl/N-ethyl adjacent to an activating group) is 1. The average molecular weight is 283 g/mol. The standard InChI is InChI=1S/C12H17N3O3S/c1-7-3-8(19-6-7)4-11(17)15-9(5-10(13)16)12(18)14-2/h3,6,9H,4-5H2,1-2H3,(H2,13,16)(H,14,18)(H,15,17)/t9-/m0/s1. The Morgan fingerprint density at radius 2 is 2.11 bits per heavy atom. The number of primary amides is 1. The molecule has 6 nitrogen and oxygen atoms in total. The van der Waals surface area contributed by atoms with Crippen molar-refractivity contribution in [1.82, 2.24) is 10.6 Å². The van der Waals surface area contributed by atoms with Gasteiger partial charge in [0.25, 0.3) is 0 Å². The molecule has 0 unspecified atom stereocenters. The fraction of sp³-hybridized carbons (Fsp3) is 0.417. The van der Waals surface area contributed by atoms with Gasteiger partial charge in [-0.2, -0.15) is 0 Å². The van der Waals surface area contributed by atoms with E-state index in [2.05, 4.69) is 10.6 Å². The Morgan fingerprint density at radius 3 is 2.58 bits per heavy atom. The zero-order chi connectivity index (χ0) is 14.4. The molecule has 1 aromatic rings. The minimum atomic E-state index is -0.920. The van der Waals surface area contributed by atoms with Gasteiger partial charge in [0, 0.05) is 11.9 Å². The van der Waals surface area contributed by atoms with Gasteiger partial charge < -0.3 is 16.4 Å². The van der Waals surface area contributed by atoms with Gasteiger partial charge in [-0.3, -0.25) is 14.4 Å². The number of hydrogen-bond donors (Lipinski definition) is 3. The van der Waals surface area contributed by atoms with Crippen LogP contribution in [0.1, 0.15) is 16.9 Å². The molecule has 0 aliphatic carbocycles. The van der Waals surface area contributed by atoms with E-state index in [1.54, 1.807) is 0 Å². The van der Waals surface area contributed by atoms with Crippen molar-refractivity contribution in [3.8, 4) is 0 Å². The fourth-order valence-electron chi connectivity index (χ4n) is 1.57. The van der Waals surface area contributed by atoms with Crippen molar-refractivity contribution in [2.75, 3.05) is 7.05 Å². The van der Waals surface area contributed by atoms with E-state index in [1.165, 1.54) is 18.4 Å². The number of hydrogen-bond acceptors (Lipinski definition) is 4. The Morgan fingerprint density at radius 1 is 1.42 bits per heavy atom. The smallest absolute Gasteiger partial charge is 0.242 e. The van der Waals surface area contributed by atoms with Crippen LogP contribution < -0.4 is 16.4 Å². The lowest BCUT2D eigenvalue weighted by Crippen LogP contribution is -2.48. The lowest BCUT2D eigenvalue weighted by atomic mass is 10.1. The van der Waals surface area contributed by atoms with Gasteiger partial charge in [-0.25, -0.2) is 0 Å². The van der Waals surface area contributed by atoms with Gasteiger partial charge >= 0.3 is 0 Å². The van der Waals surface area contributed by atoms with Crippen molar-refractivity contribution >= 4 is 29.1 Å². The summed E-state index contributed by atoms with van der Waals surface area (Å²) in [6.45, 7) is 1.94. The Kier molecular flexibility index (Phi) is 5.50. The summed E-state index contributed by atoms with van der Waals surface area (Å²) in [6, 6.07) is 0.990. The molecule has 0 spiro atoms. The molecule has 0 aliphatic rings. The second-order valence-corrected chi connectivity index (χ2v) is 5.17. The van der Waals surface area contributed by atoms with Crippen molar-refractivity contribution in [3.63, 3.8) is 0 Å². The zero-order valence-electron chi connectivity index (χ0n) is 10.9. The van der Waals surface area contributed by atoms with Crippen LogP contribution >= 0.6 is 11.3 Å². The number of carbonyl (C=O) groups is 3. The zero-order valence-corrected chi connectivity index (χ0v) is 11.7. The van der Waals surface area contributed by atoms with E-state index in [-0.39, 0.29) is 18.7 Å². The van der Waals surface area contributed by atoms with Crippen molar-refractivity contribution in [2.45, 2.75) is 25.8 Å². The van der Waals surface area contributed by atoms with Gasteiger partial charge in [0.1, 0.15) is 6.04 Å². The average Bonchev–Trinajstić information content (AvgIpc) is 2.72. The molecule has 1 atom stereocenters. The first-order valence-corrected chi connectivity index (χ1v) is 6.63. The molecule has 7 heteroatoms. The van der Waals surface area contributed by atoms with Crippen LogP contribution in [0, 0.1) is 6.92 Å². The van der Waals surface area contributed by atoms with E-state index in [0.29, 0.717) is 0 Å². The Hall–Kier alpha value is -1.89. The predicted octanol–water partition coefficient (Wildman–Crippen LogP) is -0.295. The number of carbonyl (C=O) groups excluding carboxylic acids is 3. The maximum atomic E-state index is 11.8. The first kappa shape index (κ1) is 15.2. The molecule has 19 heavy (non-hydrogen) atoms. The van der Waals surface area contributed by atoms with E-state index in [1.807, 2.05) is 18.4 Å². The monoisotopic (exact) mass is 283 g/mol. The third kappa shape index (κ3) is 5.09. The maximum absolute atomic E-state index is 11.8. The van der Waals surface area contributed by atoms with Gasteiger partial charge in [-0.05, 0) is 23.9 Å². The molecule has 1 heterocycles. The summed E-state index contributed by atoms with van der Waals surface area (Å²) in [5.74, 6) is -1.38. The van der Waals surface area contributed by atoms with Gasteiger partial charge in [0.2, 0.25) is 17.7 Å². The highest BCUT2D eigenvalue weighted by atomic mass is 32.1. The van der Waals surface area contributed by atoms with Crippen LogP contribution in [-0.2, 0) is 20.8 Å². The molecular formula is C12H17N3O3S. The van der Waals surface area contributed by atoms with Crippen LogP contribution in [0.25, 0.3) is 0 Å². The summed E-state index contributed by atoms with van der Waals surface area (Å²) in [6.07, 6.45) is -0.0281. The summed E-state index contributed by atoms with van der Waals surface area (Å²) >= 11 is 1.48. The third-order valence-electron chi connectivity index (χ3n) is 2.42. The van der Waals surface area contributed by atoms with Crippen LogP contribution in [-0.4, -0.2) is 30.8 Å². The van der Waals surface area contributed by atoms with Gasteiger partial charge in [-0.15, -0.1) is 11.3 Å². The van der Waals surface area contributed by atoms with E-state index < -0.39 is 17.9 Å². The molecule has 1 aromatic heterocycles. The van der Waals surface area contributed by atoms with Crippen LogP contribution in [0.15, 0.2) is 11.4 Å². The Bertz CT molecular complexity index is 484. The fourth-order valence-corrected chi connectivity index (χ4v) is 2.45. The number of nitrogens with one attached hydrogen (secondary N) is 2. The molecule has 0 radical (unpaired) electrons. The lowest BCUT2D eigenvalue weighted by molar-refractivity contribution is -0.130. The minimum Gasteiger partial charge on any atom is -0.370 e. The number of amides is 3. The highest BCUT2D eigenvalue weighted by Crippen LogP contribution is 2.14. The number of aryl methyl sites for hydroxylation is 1. The predicted molar refractivity (Wildman–Crippen MR) is 72.6 cm³/mol. The molecule has 0 aromatic carbocycles. The molecule has 4 N–H and O–H groups in total. The summed E-state index contributed by atoms with van der Waals surface area (Å²) in [5.41, 5.74) is 6.14. The Balaban J connectivity index is 2.60. The summed E-state index contributed by atoms with van der Waals surface area (Å²) < 4.78 is 0. The van der Waals surface area contributed by atoms with Crippen LogP contribution in [0.5, 0.6) is 0 Å². The topological polar surface area (TPSA) is 101 Å². The molecule has 0 fully saturated rings. The highest BCUT2D eigenvalue weighted by molar-refractivity contribution is 7.10. The minimum absolute atomic E-state index is 0.185. The van der Waals surface area contributed by atoms with Crippen LogP contribution in [0.3, 0.4) is 0 Å². The van der Waals surface area contributed by atoms with Gasteiger partial charge in [0.05, 0.1) is 12.8 Å². The van der Waals surface area contributed by atoms with E-state index in [4.69, 9.17) is 5.73 Å². The van der Waals surface area contributed by atoms with E-state index in [9.17, 15) is 14.4 Å². The van der Waals surface area contributed by atoms with Crippen LogP contribution in [0.4, 0.5) is 0 Å². The highest BCUT2D eigenvalue weighted by Gasteiger charge is 2.21. The molecular weight excluding hydrogens is 266 g/mol. The van der Waals surface area contributed by atoms with Gasteiger partial charge in [-0.1, -0.05) is 0 Å². The second kappa shape index (κ2) is 6.89. The second-order valence-electron chi connectivity index (χ2n) is 4.17. The van der Waals surface area contributed by atoms with Gasteiger partial charge in [0.15, 0.2) is 0 Å². The molecule has 0 bridgehead atoms. The molecule has 0 saturated heterocycles. The molecule has 1 rings (SSSR count). The maximum Gasteiger partial charge on any atom is 0.242 e. The third-order valence-corrected chi connectivity index (χ3v) is 3.48. The van der Waals surface area contributed by atoms with Crippen molar-refractivity contribution < 1.29 is 14.4 Å². The quantitative estimate of drug-likeness (QED) is 0.668. The number of nitrogens with two attached hydrogens (primary N) is 1.